The van der Waals surface area contributed by atoms with E-state index in [4.69, 9.17) is 18.8 Å². The van der Waals surface area contributed by atoms with E-state index in [1.165, 1.54) is 0 Å². The lowest BCUT2D eigenvalue weighted by Crippen LogP contribution is -2.67. The highest BCUT2D eigenvalue weighted by Gasteiger charge is 2.65. The van der Waals surface area contributed by atoms with Crippen molar-refractivity contribution in [1.82, 2.24) is 0 Å². The van der Waals surface area contributed by atoms with Crippen LogP contribution in [0.4, 0.5) is 8.78 Å². The average molecular weight is 579 g/mol. The van der Waals surface area contributed by atoms with E-state index in [-0.39, 0.29) is 43.9 Å². The molecule has 8 rings (SSSR count). The molecule has 0 aromatic heterocycles. The van der Waals surface area contributed by atoms with Crippen LogP contribution in [0.2, 0.25) is 0 Å². The average Bonchev–Trinajstić information content (AvgIpc) is 2.75. The lowest BCUT2D eigenvalue weighted by Gasteiger charge is -2.62. The topological polar surface area (TPSA) is 174 Å². The van der Waals surface area contributed by atoms with E-state index in [9.17, 15) is 41.8 Å². The Kier molecular flexibility index (Phi) is 5.82. The number of alkyl halides is 2. The maximum atomic E-state index is 13.8. The second kappa shape index (κ2) is 8.32. The minimum atomic E-state index is -6.00. The fourth-order valence-corrected chi connectivity index (χ4v) is 9.89. The number of hydrogen-bond donors (Lipinski definition) is 3. The van der Waals surface area contributed by atoms with Gasteiger partial charge < -0.3 is 24.4 Å². The van der Waals surface area contributed by atoms with Gasteiger partial charge in [0.1, 0.15) is 11.7 Å². The molecule has 0 aromatic rings. The Morgan fingerprint density at radius 1 is 0.872 bits per heavy atom. The smallest absolute Gasteiger partial charge is 0.456 e. The van der Waals surface area contributed by atoms with Crippen LogP contribution >= 0.6 is 0 Å². The maximum Gasteiger partial charge on any atom is 0.465 e. The van der Waals surface area contributed by atoms with Gasteiger partial charge >= 0.3 is 33.3 Å². The highest BCUT2D eigenvalue weighted by Crippen LogP contribution is 2.62. The molecule has 0 radical (unpaired) electrons. The molecule has 218 valence electrons. The van der Waals surface area contributed by atoms with Gasteiger partial charge in [-0.25, -0.2) is 9.59 Å². The number of hydrogen-bond acceptors (Lipinski definition) is 10. The molecule has 14 heteroatoms. The fourth-order valence-electron chi connectivity index (χ4n) is 9.63. The first kappa shape index (κ1) is 27.3. The van der Waals surface area contributed by atoms with Gasteiger partial charge in [-0.1, -0.05) is 0 Å². The third-order valence-corrected chi connectivity index (χ3v) is 10.8. The first-order valence-electron chi connectivity index (χ1n) is 13.3. The van der Waals surface area contributed by atoms with E-state index in [2.05, 4.69) is 0 Å². The molecule has 39 heavy (non-hydrogen) atoms. The Morgan fingerprint density at radius 3 is 2.00 bits per heavy atom. The highest BCUT2D eigenvalue weighted by atomic mass is 32.2. The summed E-state index contributed by atoms with van der Waals surface area (Å²) in [6.07, 6.45) is 3.11. The van der Waals surface area contributed by atoms with Crippen LogP contribution in [0.1, 0.15) is 70.6 Å². The quantitative estimate of drug-likeness (QED) is 0.227. The van der Waals surface area contributed by atoms with Crippen molar-refractivity contribution >= 4 is 28.0 Å². The fraction of sp³-hybridized carbons (Fsp3) is 0.880. The molecule has 8 aliphatic rings. The number of rotatable bonds is 7. The van der Waals surface area contributed by atoms with Crippen molar-refractivity contribution in [2.45, 2.75) is 98.8 Å². The molecule has 4 unspecified atom stereocenters. The van der Waals surface area contributed by atoms with Gasteiger partial charge in [0.05, 0.1) is 16.6 Å². The van der Waals surface area contributed by atoms with Gasteiger partial charge in [0.25, 0.3) is 0 Å². The Balaban J connectivity index is 1.08. The molecule has 3 N–H and O–H groups in total. The van der Waals surface area contributed by atoms with Crippen molar-refractivity contribution in [2.75, 3.05) is 6.61 Å². The van der Waals surface area contributed by atoms with E-state index in [0.29, 0.717) is 38.5 Å². The van der Waals surface area contributed by atoms with Gasteiger partial charge in [0.2, 0.25) is 0 Å². The summed E-state index contributed by atoms with van der Waals surface area (Å²) in [6.45, 7) is -0.650. The standard InChI is InChI=1S/C25H32F2O11S/c26-25(27,39(33,34)35)20(30)37-18-15-1-13-2-16(18)8-21(3-13,7-15)19(29)36-9-17(28)38-24-6-14-4-22(31,11-24)10-23(32,5-14)12-24/h13-16,18,31-32H,1-12H2,(H,33,34,35). The molecular weight excluding hydrogens is 546 g/mol. The second-order valence-corrected chi connectivity index (χ2v) is 14.8. The van der Waals surface area contributed by atoms with Gasteiger partial charge in [0, 0.05) is 19.3 Å². The number of carbonyl (C=O) groups excluding carboxylic acids is 3. The summed E-state index contributed by atoms with van der Waals surface area (Å²) in [5.41, 5.74) is -4.17. The summed E-state index contributed by atoms with van der Waals surface area (Å²) >= 11 is 0. The van der Waals surface area contributed by atoms with E-state index < -0.39 is 80.0 Å². The molecule has 0 amide bonds. The zero-order valence-corrected chi connectivity index (χ0v) is 22.0. The second-order valence-electron chi connectivity index (χ2n) is 13.3. The van der Waals surface area contributed by atoms with Crippen LogP contribution in [0, 0.1) is 29.1 Å². The summed E-state index contributed by atoms with van der Waals surface area (Å²) in [5.74, 6) is -4.63. The van der Waals surface area contributed by atoms with E-state index in [0.717, 1.165) is 0 Å². The number of esters is 3. The van der Waals surface area contributed by atoms with E-state index in [1.54, 1.807) is 0 Å². The molecule has 11 nitrogen and oxygen atoms in total. The summed E-state index contributed by atoms with van der Waals surface area (Å²) in [6, 6.07) is 0. The molecule has 4 atom stereocenters. The SMILES string of the molecule is O=C(COC(=O)C12CC3CC(C1)C(OC(=O)C(F)(F)S(=O)(=O)O)C(C3)C2)OC12CC3CC(O)(CC(O)(C3)C1)C2. The van der Waals surface area contributed by atoms with Gasteiger partial charge in [-0.15, -0.1) is 0 Å². The van der Waals surface area contributed by atoms with Crippen LogP contribution in [0.15, 0.2) is 0 Å². The maximum absolute atomic E-state index is 13.8. The molecule has 0 aromatic carbocycles. The van der Waals surface area contributed by atoms with Crippen molar-refractivity contribution < 1.29 is 60.6 Å². The minimum absolute atomic E-state index is 0.0399. The third kappa shape index (κ3) is 4.45. The molecule has 8 fully saturated rings. The van der Waals surface area contributed by atoms with Crippen molar-refractivity contribution in [2.24, 2.45) is 29.1 Å². The molecule has 8 saturated carbocycles. The van der Waals surface area contributed by atoms with Crippen molar-refractivity contribution in [3.63, 3.8) is 0 Å². The highest BCUT2D eigenvalue weighted by molar-refractivity contribution is 7.87. The van der Waals surface area contributed by atoms with Crippen LogP contribution in [0.25, 0.3) is 0 Å². The summed E-state index contributed by atoms with van der Waals surface area (Å²) < 4.78 is 74.1. The van der Waals surface area contributed by atoms with Crippen LogP contribution in [-0.2, 0) is 38.7 Å². The predicted octanol–water partition coefficient (Wildman–Crippen LogP) is 1.49. The number of ether oxygens (including phenoxy) is 3. The van der Waals surface area contributed by atoms with Crippen molar-refractivity contribution in [3.05, 3.63) is 0 Å². The Labute approximate surface area is 223 Å². The molecule has 0 spiro atoms. The molecule has 0 heterocycles. The Hall–Kier alpha value is -1.90. The molecule has 8 bridgehead atoms. The van der Waals surface area contributed by atoms with Gasteiger partial charge in [-0.2, -0.15) is 17.2 Å². The minimum Gasteiger partial charge on any atom is -0.456 e. The lowest BCUT2D eigenvalue weighted by molar-refractivity contribution is -0.262. The van der Waals surface area contributed by atoms with Crippen LogP contribution in [-0.4, -0.2) is 75.9 Å². The monoisotopic (exact) mass is 578 g/mol. The molecule has 0 saturated heterocycles. The van der Waals surface area contributed by atoms with Gasteiger partial charge in [0.15, 0.2) is 6.61 Å². The largest absolute Gasteiger partial charge is 0.465 e. The summed E-state index contributed by atoms with van der Waals surface area (Å²) in [7, 11) is -6.00. The summed E-state index contributed by atoms with van der Waals surface area (Å²) in [4.78, 5) is 37.9. The first-order valence-corrected chi connectivity index (χ1v) is 14.8. The number of aliphatic hydroxyl groups is 2. The van der Waals surface area contributed by atoms with E-state index in [1.807, 2.05) is 0 Å². The lowest BCUT2D eigenvalue weighted by atomic mass is 9.48. The van der Waals surface area contributed by atoms with E-state index >= 15 is 0 Å². The predicted molar refractivity (Wildman–Crippen MR) is 123 cm³/mol. The number of halogens is 2. The zero-order chi connectivity index (χ0) is 28.2. The van der Waals surface area contributed by atoms with Gasteiger partial charge in [-0.3, -0.25) is 9.35 Å². The molecule has 0 aliphatic heterocycles. The van der Waals surface area contributed by atoms with Crippen LogP contribution < -0.4 is 0 Å². The molecular formula is C25H32F2O11S. The first-order chi connectivity index (χ1) is 17.9. The summed E-state index contributed by atoms with van der Waals surface area (Å²) in [5, 5.41) is 16.6. The normalized spacial score (nSPS) is 45.7. The number of carbonyl (C=O) groups is 3. The van der Waals surface area contributed by atoms with Crippen LogP contribution in [0.5, 0.6) is 0 Å². The van der Waals surface area contributed by atoms with Gasteiger partial charge in [-0.05, 0) is 75.0 Å². The van der Waals surface area contributed by atoms with Crippen molar-refractivity contribution in [1.29, 1.82) is 0 Å². The van der Waals surface area contributed by atoms with Crippen LogP contribution in [0.3, 0.4) is 0 Å². The van der Waals surface area contributed by atoms with Crippen molar-refractivity contribution in [3.8, 4) is 0 Å². The molecule has 8 aliphatic carbocycles. The third-order valence-electron chi connectivity index (χ3n) is 10.0. The Bertz CT molecular complexity index is 1180. The Morgan fingerprint density at radius 2 is 1.46 bits per heavy atom. The zero-order valence-electron chi connectivity index (χ0n) is 21.1.